The summed E-state index contributed by atoms with van der Waals surface area (Å²) in [7, 11) is 1.92. The third-order valence-corrected chi connectivity index (χ3v) is 5.98. The molecule has 1 aromatic carbocycles. The lowest BCUT2D eigenvalue weighted by atomic mass is 10.0. The van der Waals surface area contributed by atoms with Gasteiger partial charge in [-0.1, -0.05) is 18.2 Å². The molecular weight excluding hydrogens is 354 g/mol. The summed E-state index contributed by atoms with van der Waals surface area (Å²) in [6, 6.07) is 10.3. The molecule has 3 rings (SSSR count). The Kier molecular flexibility index (Phi) is 7.31. The number of benzene rings is 1. The molecule has 0 unspecified atom stereocenters. The van der Waals surface area contributed by atoms with Crippen molar-refractivity contribution < 1.29 is 14.3 Å². The van der Waals surface area contributed by atoms with E-state index in [4.69, 9.17) is 4.74 Å². The van der Waals surface area contributed by atoms with Gasteiger partial charge >= 0.3 is 0 Å². The molecular formula is C22H33N3O3. The Hall–Kier alpha value is -2.08. The Bertz CT molecular complexity index is 646. The van der Waals surface area contributed by atoms with Crippen LogP contribution in [-0.4, -0.2) is 62.1 Å². The average Bonchev–Trinajstić information content (AvgIpc) is 3.18. The second-order valence-electron chi connectivity index (χ2n) is 7.93. The zero-order valence-corrected chi connectivity index (χ0v) is 17.1. The van der Waals surface area contributed by atoms with Crippen molar-refractivity contribution in [1.29, 1.82) is 0 Å². The molecule has 6 heteroatoms. The summed E-state index contributed by atoms with van der Waals surface area (Å²) in [6.07, 6.45) is 4.34. The van der Waals surface area contributed by atoms with Gasteiger partial charge in [-0.2, -0.15) is 0 Å². The fourth-order valence-corrected chi connectivity index (χ4v) is 4.42. The van der Waals surface area contributed by atoms with E-state index in [1.807, 2.05) is 47.2 Å². The van der Waals surface area contributed by atoms with Crippen LogP contribution in [-0.2, 0) is 14.3 Å². The first-order chi connectivity index (χ1) is 13.6. The minimum atomic E-state index is 0.0150. The van der Waals surface area contributed by atoms with Gasteiger partial charge in [0.2, 0.25) is 11.8 Å². The maximum Gasteiger partial charge on any atom is 0.239 e. The van der Waals surface area contributed by atoms with Gasteiger partial charge in [0.25, 0.3) is 0 Å². The van der Waals surface area contributed by atoms with Crippen LogP contribution in [0.15, 0.2) is 30.3 Å². The predicted molar refractivity (Wildman–Crippen MR) is 110 cm³/mol. The second kappa shape index (κ2) is 9.92. The van der Waals surface area contributed by atoms with Crippen LogP contribution in [0.5, 0.6) is 0 Å². The molecule has 2 amide bonds. The van der Waals surface area contributed by atoms with Crippen molar-refractivity contribution >= 4 is 17.5 Å². The molecule has 2 fully saturated rings. The SMILES string of the molecule is CCN(C(=O)[C@H]1CC[C@@H](NC(=O)CN(C)c2ccccc2)C1)C1CCOCC1. The molecule has 154 valence electrons. The molecule has 2 aliphatic rings. The molecule has 1 aliphatic heterocycles. The molecule has 2 atom stereocenters. The third kappa shape index (κ3) is 5.25. The summed E-state index contributed by atoms with van der Waals surface area (Å²) in [6.45, 7) is 4.61. The fourth-order valence-electron chi connectivity index (χ4n) is 4.42. The Morgan fingerprint density at radius 3 is 2.50 bits per heavy atom. The van der Waals surface area contributed by atoms with Crippen LogP contribution in [0.4, 0.5) is 5.69 Å². The standard InChI is InChI=1S/C22H33N3O3/c1-3-25(20-11-13-28-14-12-20)22(27)17-9-10-18(15-17)23-21(26)16-24(2)19-7-5-4-6-8-19/h4-8,17-18,20H,3,9-16H2,1-2H3,(H,23,26)/t17-,18+/m0/s1. The number of anilines is 1. The molecule has 1 aliphatic carbocycles. The highest BCUT2D eigenvalue weighted by atomic mass is 16.5. The van der Waals surface area contributed by atoms with Gasteiger partial charge in [-0.15, -0.1) is 0 Å². The van der Waals surface area contributed by atoms with Crippen LogP contribution in [0.25, 0.3) is 0 Å². The van der Waals surface area contributed by atoms with E-state index in [1.54, 1.807) is 0 Å². The summed E-state index contributed by atoms with van der Waals surface area (Å²) >= 11 is 0. The first-order valence-corrected chi connectivity index (χ1v) is 10.5. The number of amides is 2. The molecule has 0 radical (unpaired) electrons. The topological polar surface area (TPSA) is 61.9 Å². The van der Waals surface area contributed by atoms with E-state index in [2.05, 4.69) is 12.2 Å². The molecule has 0 bridgehead atoms. The smallest absolute Gasteiger partial charge is 0.239 e. The van der Waals surface area contributed by atoms with Gasteiger partial charge in [0.05, 0.1) is 6.54 Å². The zero-order valence-electron chi connectivity index (χ0n) is 17.1. The maximum absolute atomic E-state index is 13.0. The van der Waals surface area contributed by atoms with Crippen LogP contribution in [0.3, 0.4) is 0 Å². The van der Waals surface area contributed by atoms with Crippen molar-refractivity contribution in [3.8, 4) is 0 Å². The van der Waals surface area contributed by atoms with Gasteiger partial charge in [0, 0.05) is 50.5 Å². The Balaban J connectivity index is 1.47. The van der Waals surface area contributed by atoms with E-state index in [0.717, 1.165) is 57.6 Å². The van der Waals surface area contributed by atoms with Gasteiger partial charge in [0.1, 0.15) is 0 Å². The van der Waals surface area contributed by atoms with Gasteiger partial charge in [-0.25, -0.2) is 0 Å². The molecule has 28 heavy (non-hydrogen) atoms. The molecule has 1 aromatic rings. The number of nitrogens with one attached hydrogen (secondary N) is 1. The summed E-state index contributed by atoms with van der Waals surface area (Å²) in [5.41, 5.74) is 1.02. The Morgan fingerprint density at radius 1 is 1.11 bits per heavy atom. The summed E-state index contributed by atoms with van der Waals surface area (Å²) in [5, 5.41) is 3.13. The van der Waals surface area contributed by atoms with Gasteiger partial charge in [0.15, 0.2) is 0 Å². The third-order valence-electron chi connectivity index (χ3n) is 5.98. The largest absolute Gasteiger partial charge is 0.381 e. The van der Waals surface area contributed by atoms with Crippen molar-refractivity contribution in [2.45, 2.75) is 51.1 Å². The van der Waals surface area contributed by atoms with Crippen LogP contribution in [0, 0.1) is 5.92 Å². The number of rotatable bonds is 7. The van der Waals surface area contributed by atoms with E-state index in [1.165, 1.54) is 0 Å². The molecule has 1 saturated carbocycles. The minimum absolute atomic E-state index is 0.0150. The van der Waals surface area contributed by atoms with Gasteiger partial charge < -0.3 is 19.9 Å². The monoisotopic (exact) mass is 387 g/mol. The number of carbonyl (C=O) groups is 2. The number of carbonyl (C=O) groups excluding carboxylic acids is 2. The minimum Gasteiger partial charge on any atom is -0.381 e. The molecule has 1 saturated heterocycles. The van der Waals surface area contributed by atoms with Crippen molar-refractivity contribution in [2.24, 2.45) is 5.92 Å². The summed E-state index contributed by atoms with van der Waals surface area (Å²) in [4.78, 5) is 29.5. The normalized spacial score (nSPS) is 22.6. The predicted octanol–water partition coefficient (Wildman–Crippen LogP) is 2.44. The van der Waals surface area contributed by atoms with Crippen molar-refractivity contribution in [1.82, 2.24) is 10.2 Å². The van der Waals surface area contributed by atoms with Gasteiger partial charge in [-0.3, -0.25) is 9.59 Å². The number of para-hydroxylation sites is 1. The molecule has 6 nitrogen and oxygen atoms in total. The van der Waals surface area contributed by atoms with Crippen molar-refractivity contribution in [3.05, 3.63) is 30.3 Å². The maximum atomic E-state index is 13.0. The Morgan fingerprint density at radius 2 is 1.82 bits per heavy atom. The van der Waals surface area contributed by atoms with Crippen molar-refractivity contribution in [2.75, 3.05) is 38.3 Å². The van der Waals surface area contributed by atoms with Crippen LogP contribution < -0.4 is 10.2 Å². The molecule has 0 spiro atoms. The highest BCUT2D eigenvalue weighted by Crippen LogP contribution is 2.29. The molecule has 1 N–H and O–H groups in total. The van der Waals surface area contributed by atoms with E-state index >= 15 is 0 Å². The number of likely N-dealkylation sites (N-methyl/N-ethyl adjacent to an activating group) is 1. The fraction of sp³-hybridized carbons (Fsp3) is 0.636. The van der Waals surface area contributed by atoms with E-state index < -0.39 is 0 Å². The lowest BCUT2D eigenvalue weighted by Gasteiger charge is -2.35. The van der Waals surface area contributed by atoms with E-state index in [0.29, 0.717) is 12.6 Å². The van der Waals surface area contributed by atoms with Crippen LogP contribution in [0.1, 0.15) is 39.0 Å². The molecule has 0 aromatic heterocycles. The second-order valence-corrected chi connectivity index (χ2v) is 7.93. The summed E-state index contributed by atoms with van der Waals surface area (Å²) < 4.78 is 5.43. The number of hydrogen-bond acceptors (Lipinski definition) is 4. The quantitative estimate of drug-likeness (QED) is 0.781. The average molecular weight is 388 g/mol. The zero-order chi connectivity index (χ0) is 19.9. The Labute approximate surface area is 168 Å². The highest BCUT2D eigenvalue weighted by molar-refractivity contribution is 5.82. The number of ether oxygens (including phenoxy) is 1. The highest BCUT2D eigenvalue weighted by Gasteiger charge is 2.35. The summed E-state index contributed by atoms with van der Waals surface area (Å²) in [5.74, 6) is 0.300. The van der Waals surface area contributed by atoms with E-state index in [9.17, 15) is 9.59 Å². The van der Waals surface area contributed by atoms with Crippen LogP contribution >= 0.6 is 0 Å². The van der Waals surface area contributed by atoms with Crippen LogP contribution in [0.2, 0.25) is 0 Å². The lowest BCUT2D eigenvalue weighted by Crippen LogP contribution is -2.46. The number of hydrogen-bond donors (Lipinski definition) is 1. The van der Waals surface area contributed by atoms with Gasteiger partial charge in [-0.05, 0) is 51.2 Å². The van der Waals surface area contributed by atoms with Crippen molar-refractivity contribution in [3.63, 3.8) is 0 Å². The first-order valence-electron chi connectivity index (χ1n) is 10.5. The van der Waals surface area contributed by atoms with E-state index in [-0.39, 0.29) is 23.8 Å². The molecule has 1 heterocycles. The lowest BCUT2D eigenvalue weighted by molar-refractivity contribution is -0.139. The first kappa shape index (κ1) is 20.6. The number of nitrogens with zero attached hydrogens (tertiary/aromatic N) is 2.